The first-order chi connectivity index (χ1) is 6.71. The van der Waals surface area contributed by atoms with Crippen LogP contribution in [-0.2, 0) is 0 Å². The van der Waals surface area contributed by atoms with Gasteiger partial charge in [-0.05, 0) is 22.4 Å². The van der Waals surface area contributed by atoms with Crippen LogP contribution >= 0.6 is 7.92 Å². The summed E-state index contributed by atoms with van der Waals surface area (Å²) >= 11 is 0. The number of rotatable bonds is 2. The maximum atomic E-state index is 2.40. The Bertz CT molecular complexity index is 234. The Hall–Kier alpha value is -0.0900. The second-order valence-corrected chi connectivity index (χ2v) is 10.3. The molecule has 0 amide bonds. The van der Waals surface area contributed by atoms with E-state index in [1.54, 1.807) is 0 Å². The lowest BCUT2D eigenvalue weighted by Crippen LogP contribution is -2.28. The summed E-state index contributed by atoms with van der Waals surface area (Å²) in [6.45, 7) is 14.4. The van der Waals surface area contributed by atoms with Crippen molar-refractivity contribution in [3.05, 3.63) is 24.3 Å². The molecule has 0 aliphatic heterocycles. The highest BCUT2D eigenvalue weighted by atomic mass is 31.1. The smallest absolute Gasteiger partial charge is 0.000761 e. The van der Waals surface area contributed by atoms with Crippen molar-refractivity contribution in [2.75, 3.05) is 6.16 Å². The van der Waals surface area contributed by atoms with Gasteiger partial charge in [0.05, 0.1) is 0 Å². The van der Waals surface area contributed by atoms with Crippen molar-refractivity contribution in [2.45, 2.75) is 51.9 Å². The summed E-state index contributed by atoms with van der Waals surface area (Å²) in [5.74, 6) is 0.689. The number of hydrogen-bond acceptors (Lipinski definition) is 0. The molecule has 0 bridgehead atoms. The minimum absolute atomic E-state index is 0.0437. The molecule has 0 aromatic rings. The van der Waals surface area contributed by atoms with E-state index in [1.165, 1.54) is 6.16 Å². The fourth-order valence-electron chi connectivity index (χ4n) is 2.36. The Kier molecular flexibility index (Phi) is 3.82. The van der Waals surface area contributed by atoms with E-state index in [2.05, 4.69) is 65.8 Å². The molecular weight excluding hydrogens is 199 g/mol. The quantitative estimate of drug-likeness (QED) is 0.591. The van der Waals surface area contributed by atoms with E-state index in [4.69, 9.17) is 0 Å². The minimum atomic E-state index is 0.0437. The van der Waals surface area contributed by atoms with Crippen LogP contribution in [0.25, 0.3) is 0 Å². The molecule has 0 nitrogen and oxygen atoms in total. The molecule has 0 saturated heterocycles. The first kappa shape index (κ1) is 13.0. The molecule has 0 aromatic heterocycles. The van der Waals surface area contributed by atoms with E-state index < -0.39 is 0 Å². The van der Waals surface area contributed by atoms with Crippen LogP contribution in [0.3, 0.4) is 0 Å². The second-order valence-electron chi connectivity index (χ2n) is 6.39. The number of hydrogen-bond donors (Lipinski definition) is 0. The minimum Gasteiger partial charge on any atom is -0.0947 e. The van der Waals surface area contributed by atoms with Crippen LogP contribution < -0.4 is 0 Å². The summed E-state index contributed by atoms with van der Waals surface area (Å²) < 4.78 is 0. The van der Waals surface area contributed by atoms with E-state index >= 15 is 0 Å². The van der Waals surface area contributed by atoms with Crippen molar-refractivity contribution in [3.8, 4) is 0 Å². The third-order valence-electron chi connectivity index (χ3n) is 2.84. The average molecular weight is 224 g/mol. The molecule has 0 aromatic carbocycles. The van der Waals surface area contributed by atoms with Gasteiger partial charge in [0.25, 0.3) is 0 Å². The zero-order valence-electron chi connectivity index (χ0n) is 11.0. The zero-order chi connectivity index (χ0) is 11.7. The summed E-state index contributed by atoms with van der Waals surface area (Å²) in [5, 5.41) is 0.912. The van der Waals surface area contributed by atoms with Crippen LogP contribution in [0.1, 0.15) is 41.5 Å². The van der Waals surface area contributed by atoms with Crippen molar-refractivity contribution in [2.24, 2.45) is 5.92 Å². The van der Waals surface area contributed by atoms with Gasteiger partial charge in [-0.1, -0.05) is 73.8 Å². The molecule has 0 radical (unpaired) electrons. The van der Waals surface area contributed by atoms with E-state index in [-0.39, 0.29) is 7.92 Å². The van der Waals surface area contributed by atoms with Gasteiger partial charge in [0.15, 0.2) is 0 Å². The summed E-state index contributed by atoms with van der Waals surface area (Å²) in [5.41, 5.74) is 0. The lowest BCUT2D eigenvalue weighted by atomic mass is 10.2. The maximum absolute atomic E-state index is 2.40. The third kappa shape index (κ3) is 3.76. The van der Waals surface area contributed by atoms with Gasteiger partial charge in [0.2, 0.25) is 0 Å². The fraction of sp³-hybridized carbons (Fsp3) is 0.714. The molecular formula is C14H25P. The predicted molar refractivity (Wildman–Crippen MR) is 73.1 cm³/mol. The summed E-state index contributed by atoms with van der Waals surface area (Å²) in [4.78, 5) is 0. The van der Waals surface area contributed by atoms with E-state index in [9.17, 15) is 0 Å². The SMILES string of the molecule is CC(C)(C)P(CC1C=CC=C1)C(C)(C)C. The topological polar surface area (TPSA) is 0 Å². The molecule has 0 fully saturated rings. The largest absolute Gasteiger partial charge is 0.0947 e. The number of allylic oxidation sites excluding steroid dienone is 4. The maximum Gasteiger partial charge on any atom is -0.000761 e. The van der Waals surface area contributed by atoms with Gasteiger partial charge < -0.3 is 0 Å². The lowest BCUT2D eigenvalue weighted by Gasteiger charge is -2.42. The Morgan fingerprint density at radius 1 is 0.867 bits per heavy atom. The lowest BCUT2D eigenvalue weighted by molar-refractivity contribution is 0.695. The van der Waals surface area contributed by atoms with Gasteiger partial charge in [-0.3, -0.25) is 0 Å². The van der Waals surface area contributed by atoms with Gasteiger partial charge in [-0.25, -0.2) is 0 Å². The van der Waals surface area contributed by atoms with Crippen molar-refractivity contribution < 1.29 is 0 Å². The highest BCUT2D eigenvalue weighted by Gasteiger charge is 2.34. The highest BCUT2D eigenvalue weighted by molar-refractivity contribution is 7.60. The molecule has 0 N–H and O–H groups in total. The first-order valence-corrected chi connectivity index (χ1v) is 7.37. The molecule has 1 aliphatic rings. The monoisotopic (exact) mass is 224 g/mol. The second kappa shape index (κ2) is 4.42. The van der Waals surface area contributed by atoms with E-state index in [0.29, 0.717) is 16.2 Å². The predicted octanol–water partition coefficient (Wildman–Crippen LogP) is 4.81. The molecule has 1 aliphatic carbocycles. The van der Waals surface area contributed by atoms with Gasteiger partial charge in [0, 0.05) is 0 Å². The van der Waals surface area contributed by atoms with Crippen LogP contribution in [0.15, 0.2) is 24.3 Å². The van der Waals surface area contributed by atoms with Gasteiger partial charge in [0.1, 0.15) is 0 Å². The van der Waals surface area contributed by atoms with Crippen LogP contribution in [0.2, 0.25) is 0 Å². The molecule has 0 spiro atoms. The third-order valence-corrected chi connectivity index (χ3v) is 6.87. The molecule has 15 heavy (non-hydrogen) atoms. The summed E-state index contributed by atoms with van der Waals surface area (Å²) in [7, 11) is 0.0437. The molecule has 0 unspecified atom stereocenters. The van der Waals surface area contributed by atoms with Crippen LogP contribution in [-0.4, -0.2) is 16.5 Å². The Labute approximate surface area is 96.6 Å². The molecule has 0 heterocycles. The van der Waals surface area contributed by atoms with Crippen molar-refractivity contribution in [1.82, 2.24) is 0 Å². The van der Waals surface area contributed by atoms with Crippen molar-refractivity contribution in [3.63, 3.8) is 0 Å². The normalized spacial score (nSPS) is 18.1. The molecule has 0 saturated carbocycles. The molecule has 1 rings (SSSR count). The highest BCUT2D eigenvalue weighted by Crippen LogP contribution is 2.60. The van der Waals surface area contributed by atoms with Crippen LogP contribution in [0.4, 0.5) is 0 Å². The van der Waals surface area contributed by atoms with Crippen molar-refractivity contribution in [1.29, 1.82) is 0 Å². The molecule has 1 heteroatoms. The van der Waals surface area contributed by atoms with Crippen LogP contribution in [0, 0.1) is 5.92 Å². The zero-order valence-corrected chi connectivity index (χ0v) is 11.9. The van der Waals surface area contributed by atoms with E-state index in [0.717, 1.165) is 0 Å². The van der Waals surface area contributed by atoms with E-state index in [1.807, 2.05) is 0 Å². The Morgan fingerprint density at radius 3 is 1.60 bits per heavy atom. The van der Waals surface area contributed by atoms with Gasteiger partial charge in [-0.2, -0.15) is 0 Å². The average Bonchev–Trinajstić information content (AvgIpc) is 2.46. The summed E-state index contributed by atoms with van der Waals surface area (Å²) in [6, 6.07) is 0. The van der Waals surface area contributed by atoms with Crippen molar-refractivity contribution >= 4 is 7.92 Å². The molecule has 0 atom stereocenters. The summed E-state index contributed by atoms with van der Waals surface area (Å²) in [6.07, 6.45) is 10.4. The van der Waals surface area contributed by atoms with Gasteiger partial charge >= 0.3 is 0 Å². The van der Waals surface area contributed by atoms with Crippen LogP contribution in [0.5, 0.6) is 0 Å². The molecule has 86 valence electrons. The first-order valence-electron chi connectivity index (χ1n) is 5.84. The standard InChI is InChI=1S/C14H25P/c1-13(2,3)15(14(4,5)6)11-12-9-7-8-10-12/h7-10,12H,11H2,1-6H3. The Balaban J connectivity index is 2.74. The van der Waals surface area contributed by atoms with Gasteiger partial charge in [-0.15, -0.1) is 0 Å². The Morgan fingerprint density at radius 2 is 1.27 bits per heavy atom. The fourth-order valence-corrected chi connectivity index (χ4v) is 6.14.